The van der Waals surface area contributed by atoms with E-state index >= 15 is 0 Å². The number of nitrogens with one attached hydrogen (secondary N) is 1. The molecule has 84 valence electrons. The second kappa shape index (κ2) is 6.35. The van der Waals surface area contributed by atoms with E-state index in [0.29, 0.717) is 12.0 Å². The Balaban J connectivity index is 2.52. The Morgan fingerprint density at radius 1 is 1.73 bits per heavy atom. The molecule has 4 heteroatoms. The van der Waals surface area contributed by atoms with Crippen LogP contribution in [0.4, 0.5) is 0 Å². The number of rotatable bonds is 5. The molecule has 0 aromatic heterocycles. The molecule has 15 heavy (non-hydrogen) atoms. The van der Waals surface area contributed by atoms with E-state index < -0.39 is 0 Å². The summed E-state index contributed by atoms with van der Waals surface area (Å²) in [6, 6.07) is 0.0474. The number of unbranched alkanes of at least 4 members (excludes halogenated alkanes) is 1. The minimum Gasteiger partial charge on any atom is -0.466 e. The summed E-state index contributed by atoms with van der Waals surface area (Å²) in [5.74, 6) is -0.265. The Bertz CT molecular complexity index is 261. The van der Waals surface area contributed by atoms with Crippen molar-refractivity contribution in [1.82, 2.24) is 5.32 Å². The van der Waals surface area contributed by atoms with E-state index in [4.69, 9.17) is 4.74 Å². The van der Waals surface area contributed by atoms with Crippen molar-refractivity contribution in [3.63, 3.8) is 0 Å². The van der Waals surface area contributed by atoms with E-state index in [1.54, 1.807) is 0 Å². The minimum atomic E-state index is -0.265. The normalized spacial score (nSPS) is 20.6. The van der Waals surface area contributed by atoms with Crippen molar-refractivity contribution in [2.75, 3.05) is 13.7 Å². The quantitative estimate of drug-likeness (QED) is 0.415. The molecule has 1 rings (SSSR count). The zero-order valence-corrected chi connectivity index (χ0v) is 8.99. The highest BCUT2D eigenvalue weighted by Gasteiger charge is 2.22. The minimum absolute atomic E-state index is 0.0474. The molecule has 0 aromatic rings. The van der Waals surface area contributed by atoms with Gasteiger partial charge in [0.15, 0.2) is 0 Å². The van der Waals surface area contributed by atoms with Gasteiger partial charge in [0.1, 0.15) is 6.29 Å². The van der Waals surface area contributed by atoms with Gasteiger partial charge in [0.05, 0.1) is 12.7 Å². The standard InChI is InChI=1S/C11H17NO3/c1-15-11(14)9-5-4-7-12-10(9)6-2-3-8-13/h5,8,10,12H,2-4,6-7H2,1H3. The summed E-state index contributed by atoms with van der Waals surface area (Å²) in [7, 11) is 1.39. The first-order valence-electron chi connectivity index (χ1n) is 5.25. The van der Waals surface area contributed by atoms with Crippen LogP contribution in [0.3, 0.4) is 0 Å². The van der Waals surface area contributed by atoms with Crippen LogP contribution < -0.4 is 5.32 Å². The van der Waals surface area contributed by atoms with Crippen LogP contribution in [0.5, 0.6) is 0 Å². The van der Waals surface area contributed by atoms with Gasteiger partial charge in [-0.15, -0.1) is 0 Å². The molecular weight excluding hydrogens is 194 g/mol. The van der Waals surface area contributed by atoms with E-state index in [1.807, 2.05) is 6.08 Å². The third-order valence-electron chi connectivity index (χ3n) is 2.51. The first-order chi connectivity index (χ1) is 7.29. The number of esters is 1. The van der Waals surface area contributed by atoms with Crippen molar-refractivity contribution in [3.05, 3.63) is 11.6 Å². The molecule has 1 unspecified atom stereocenters. The van der Waals surface area contributed by atoms with Gasteiger partial charge >= 0.3 is 5.97 Å². The second-order valence-corrected chi connectivity index (χ2v) is 3.54. The number of ether oxygens (including phenoxy) is 1. The Hall–Kier alpha value is -1.16. The maximum absolute atomic E-state index is 11.4. The summed E-state index contributed by atoms with van der Waals surface area (Å²) in [6.45, 7) is 0.881. The van der Waals surface area contributed by atoms with Crippen LogP contribution in [0.15, 0.2) is 11.6 Å². The van der Waals surface area contributed by atoms with Crippen LogP contribution in [-0.2, 0) is 14.3 Å². The molecule has 1 aliphatic rings. The molecule has 4 nitrogen and oxygen atoms in total. The van der Waals surface area contributed by atoms with Gasteiger partial charge in [-0.25, -0.2) is 4.79 Å². The fourth-order valence-electron chi connectivity index (χ4n) is 1.74. The van der Waals surface area contributed by atoms with E-state index in [0.717, 1.165) is 32.1 Å². The first-order valence-corrected chi connectivity index (χ1v) is 5.25. The Labute approximate surface area is 89.7 Å². The van der Waals surface area contributed by atoms with Gasteiger partial charge < -0.3 is 14.8 Å². The zero-order valence-electron chi connectivity index (χ0n) is 8.99. The highest BCUT2D eigenvalue weighted by molar-refractivity contribution is 5.89. The molecule has 0 radical (unpaired) electrons. The summed E-state index contributed by atoms with van der Waals surface area (Å²) < 4.78 is 4.71. The number of methoxy groups -OCH3 is 1. The van der Waals surface area contributed by atoms with E-state index in [1.165, 1.54) is 7.11 Å². The zero-order chi connectivity index (χ0) is 11.1. The van der Waals surface area contributed by atoms with Crippen LogP contribution in [0.1, 0.15) is 25.7 Å². The highest BCUT2D eigenvalue weighted by atomic mass is 16.5. The first kappa shape index (κ1) is 11.9. The summed E-state index contributed by atoms with van der Waals surface area (Å²) in [5.41, 5.74) is 0.703. The summed E-state index contributed by atoms with van der Waals surface area (Å²) in [6.07, 6.45) is 5.84. The maximum Gasteiger partial charge on any atom is 0.335 e. The van der Waals surface area contributed by atoms with E-state index in [-0.39, 0.29) is 12.0 Å². The van der Waals surface area contributed by atoms with Crippen molar-refractivity contribution in [3.8, 4) is 0 Å². The lowest BCUT2D eigenvalue weighted by Crippen LogP contribution is -2.37. The monoisotopic (exact) mass is 211 g/mol. The maximum atomic E-state index is 11.4. The average molecular weight is 211 g/mol. The molecule has 1 N–H and O–H groups in total. The molecule has 0 saturated heterocycles. The number of carbonyl (C=O) groups is 2. The smallest absolute Gasteiger partial charge is 0.335 e. The molecule has 1 aliphatic heterocycles. The van der Waals surface area contributed by atoms with Gasteiger partial charge in [-0.3, -0.25) is 0 Å². The third kappa shape index (κ3) is 3.47. The topological polar surface area (TPSA) is 55.4 Å². The van der Waals surface area contributed by atoms with Crippen LogP contribution in [-0.4, -0.2) is 32.0 Å². The molecular formula is C11H17NO3. The fraction of sp³-hybridized carbons (Fsp3) is 0.636. The molecule has 0 spiro atoms. The average Bonchev–Trinajstić information content (AvgIpc) is 2.29. The van der Waals surface area contributed by atoms with Gasteiger partial charge in [-0.1, -0.05) is 6.08 Å². The lowest BCUT2D eigenvalue weighted by atomic mass is 9.97. The molecule has 0 aliphatic carbocycles. The molecule has 1 heterocycles. The molecule has 0 bridgehead atoms. The third-order valence-corrected chi connectivity index (χ3v) is 2.51. The molecule has 0 saturated carbocycles. The van der Waals surface area contributed by atoms with E-state index in [9.17, 15) is 9.59 Å². The Morgan fingerprint density at radius 2 is 2.53 bits per heavy atom. The predicted molar refractivity (Wildman–Crippen MR) is 56.4 cm³/mol. The van der Waals surface area contributed by atoms with E-state index in [2.05, 4.69) is 5.32 Å². The molecule has 0 amide bonds. The fourth-order valence-corrected chi connectivity index (χ4v) is 1.74. The summed E-state index contributed by atoms with van der Waals surface area (Å²) in [4.78, 5) is 21.6. The van der Waals surface area contributed by atoms with Crippen molar-refractivity contribution in [2.24, 2.45) is 0 Å². The van der Waals surface area contributed by atoms with Crippen molar-refractivity contribution in [2.45, 2.75) is 31.7 Å². The molecule has 0 aromatic carbocycles. The van der Waals surface area contributed by atoms with Gasteiger partial charge in [0.2, 0.25) is 0 Å². The lowest BCUT2D eigenvalue weighted by Gasteiger charge is -2.23. The Kier molecular flexibility index (Phi) is 5.04. The SMILES string of the molecule is COC(=O)C1=CCCNC1CCCC=O. The van der Waals surface area contributed by atoms with Gasteiger partial charge in [0, 0.05) is 12.5 Å². The number of hydrogen-bond donors (Lipinski definition) is 1. The van der Waals surface area contributed by atoms with Gasteiger partial charge in [-0.2, -0.15) is 0 Å². The van der Waals surface area contributed by atoms with Crippen LogP contribution in [0, 0.1) is 0 Å². The number of aldehydes is 1. The number of carbonyl (C=O) groups excluding carboxylic acids is 2. The predicted octanol–water partition coefficient (Wildman–Crippen LogP) is 0.817. The van der Waals surface area contributed by atoms with Crippen molar-refractivity contribution >= 4 is 12.3 Å². The lowest BCUT2D eigenvalue weighted by molar-refractivity contribution is -0.136. The van der Waals surface area contributed by atoms with Crippen LogP contribution >= 0.6 is 0 Å². The largest absolute Gasteiger partial charge is 0.466 e. The highest BCUT2D eigenvalue weighted by Crippen LogP contribution is 2.15. The van der Waals surface area contributed by atoms with Crippen molar-refractivity contribution < 1.29 is 14.3 Å². The molecule has 0 fully saturated rings. The van der Waals surface area contributed by atoms with Gasteiger partial charge in [0.25, 0.3) is 0 Å². The van der Waals surface area contributed by atoms with Gasteiger partial charge in [-0.05, 0) is 25.8 Å². The van der Waals surface area contributed by atoms with Crippen molar-refractivity contribution in [1.29, 1.82) is 0 Å². The Morgan fingerprint density at radius 3 is 3.20 bits per heavy atom. The summed E-state index contributed by atoms with van der Waals surface area (Å²) in [5, 5.41) is 3.26. The van der Waals surface area contributed by atoms with Crippen LogP contribution in [0.2, 0.25) is 0 Å². The molecule has 1 atom stereocenters. The number of hydrogen-bond acceptors (Lipinski definition) is 4. The second-order valence-electron chi connectivity index (χ2n) is 3.54. The van der Waals surface area contributed by atoms with Crippen LogP contribution in [0.25, 0.3) is 0 Å². The summed E-state index contributed by atoms with van der Waals surface area (Å²) >= 11 is 0.